The van der Waals surface area contributed by atoms with Gasteiger partial charge in [0.1, 0.15) is 0 Å². The van der Waals surface area contributed by atoms with Crippen molar-refractivity contribution < 1.29 is 14.3 Å². The average molecular weight is 260 g/mol. The quantitative estimate of drug-likeness (QED) is 0.592. The summed E-state index contributed by atoms with van der Waals surface area (Å²) in [5, 5.41) is 0. The molecule has 0 aromatic carbocycles. The molecule has 1 aliphatic rings. The van der Waals surface area contributed by atoms with E-state index in [0.717, 1.165) is 17.5 Å². The number of allylic oxidation sites excluding steroid dienone is 1. The second-order valence-corrected chi connectivity index (χ2v) is 4.12. The highest BCUT2D eigenvalue weighted by molar-refractivity contribution is 5.86. The highest BCUT2D eigenvalue weighted by Crippen LogP contribution is 2.29. The highest BCUT2D eigenvalue weighted by atomic mass is 16.7. The molecule has 2 rings (SSSR count). The topological polar surface area (TPSA) is 51.7 Å². The summed E-state index contributed by atoms with van der Waals surface area (Å²) in [5.41, 5.74) is 2.36. The highest BCUT2D eigenvalue weighted by Gasteiger charge is 2.22. The molecule has 2 heterocycles. The lowest BCUT2D eigenvalue weighted by Crippen LogP contribution is -2.24. The van der Waals surface area contributed by atoms with E-state index in [0.29, 0.717) is 17.9 Å². The number of likely N-dealkylation sites (N-methyl/N-ethyl adjacent to an activating group) is 1. The molecule has 0 aliphatic carbocycles. The van der Waals surface area contributed by atoms with Crippen LogP contribution in [0.2, 0.25) is 0 Å². The third-order valence-electron chi connectivity index (χ3n) is 2.85. The molecule has 0 radical (unpaired) electrons. The first-order valence-electron chi connectivity index (χ1n) is 5.91. The number of nitrogens with zero attached hydrogens (tertiary/aromatic N) is 2. The number of aromatic nitrogens is 1. The van der Waals surface area contributed by atoms with E-state index in [1.165, 1.54) is 0 Å². The molecular weight excluding hydrogens is 244 g/mol. The molecule has 0 atom stereocenters. The third-order valence-corrected chi connectivity index (χ3v) is 2.85. The first kappa shape index (κ1) is 13.3. The molecule has 19 heavy (non-hydrogen) atoms. The Morgan fingerprint density at radius 3 is 2.79 bits per heavy atom. The van der Waals surface area contributed by atoms with Crippen molar-refractivity contribution in [3.63, 3.8) is 0 Å². The summed E-state index contributed by atoms with van der Waals surface area (Å²) in [6.45, 7) is 0.758. The van der Waals surface area contributed by atoms with Gasteiger partial charge in [-0.05, 0) is 12.1 Å². The minimum Gasteiger partial charge on any atom is -0.465 e. The number of carbonyl (C=O) groups is 1. The van der Waals surface area contributed by atoms with E-state index in [2.05, 4.69) is 4.98 Å². The SMILES string of the molecule is COCOC1=C(c2ccncc2)N(C)CC=C1C=O. The lowest BCUT2D eigenvalue weighted by molar-refractivity contribution is -0.105. The molecule has 0 spiro atoms. The molecule has 0 N–H and O–H groups in total. The Balaban J connectivity index is 2.48. The summed E-state index contributed by atoms with van der Waals surface area (Å²) in [5.74, 6) is 0.539. The van der Waals surface area contributed by atoms with Gasteiger partial charge >= 0.3 is 0 Å². The summed E-state index contributed by atoms with van der Waals surface area (Å²) in [6, 6.07) is 3.77. The standard InChI is InChI=1S/C14H16N2O3/c1-16-8-5-12(9-17)14(19-10-18-2)13(16)11-3-6-15-7-4-11/h3-7,9H,8,10H2,1-2H3. The van der Waals surface area contributed by atoms with Gasteiger partial charge < -0.3 is 14.4 Å². The van der Waals surface area contributed by atoms with Crippen LogP contribution in [0.25, 0.3) is 5.70 Å². The van der Waals surface area contributed by atoms with Crippen LogP contribution in [-0.2, 0) is 14.3 Å². The van der Waals surface area contributed by atoms with Gasteiger partial charge in [-0.3, -0.25) is 9.78 Å². The van der Waals surface area contributed by atoms with Crippen LogP contribution in [0.5, 0.6) is 0 Å². The fourth-order valence-electron chi connectivity index (χ4n) is 1.96. The number of ether oxygens (including phenoxy) is 2. The minimum absolute atomic E-state index is 0.100. The van der Waals surface area contributed by atoms with E-state index in [1.807, 2.05) is 30.2 Å². The van der Waals surface area contributed by atoms with Gasteiger partial charge in [-0.2, -0.15) is 0 Å². The zero-order valence-electron chi connectivity index (χ0n) is 11.0. The number of hydrogen-bond donors (Lipinski definition) is 0. The van der Waals surface area contributed by atoms with Crippen molar-refractivity contribution in [2.45, 2.75) is 0 Å². The fraction of sp³-hybridized carbons (Fsp3) is 0.286. The van der Waals surface area contributed by atoms with Crippen LogP contribution in [0.1, 0.15) is 5.56 Å². The predicted molar refractivity (Wildman–Crippen MR) is 70.9 cm³/mol. The molecule has 0 unspecified atom stereocenters. The van der Waals surface area contributed by atoms with Crippen molar-refractivity contribution in [3.8, 4) is 0 Å². The largest absolute Gasteiger partial charge is 0.465 e. The lowest BCUT2D eigenvalue weighted by atomic mass is 10.0. The van der Waals surface area contributed by atoms with Gasteiger partial charge in [-0.25, -0.2) is 0 Å². The first-order chi connectivity index (χ1) is 9.27. The maximum absolute atomic E-state index is 11.2. The van der Waals surface area contributed by atoms with E-state index in [1.54, 1.807) is 19.5 Å². The van der Waals surface area contributed by atoms with E-state index in [-0.39, 0.29) is 6.79 Å². The molecule has 0 fully saturated rings. The fourth-order valence-corrected chi connectivity index (χ4v) is 1.96. The molecule has 0 bridgehead atoms. The summed E-state index contributed by atoms with van der Waals surface area (Å²) < 4.78 is 10.5. The Labute approximate surface area is 112 Å². The maximum Gasteiger partial charge on any atom is 0.188 e. The molecule has 0 amide bonds. The molecule has 1 aromatic rings. The zero-order valence-corrected chi connectivity index (χ0v) is 11.0. The zero-order chi connectivity index (χ0) is 13.7. The second kappa shape index (κ2) is 6.15. The Morgan fingerprint density at radius 1 is 1.42 bits per heavy atom. The van der Waals surface area contributed by atoms with Crippen molar-refractivity contribution in [2.75, 3.05) is 27.5 Å². The van der Waals surface area contributed by atoms with Gasteiger partial charge in [0.2, 0.25) is 0 Å². The molecule has 100 valence electrons. The van der Waals surface area contributed by atoms with Crippen LogP contribution in [-0.4, -0.2) is 43.7 Å². The van der Waals surface area contributed by atoms with Crippen LogP contribution in [0.15, 0.2) is 41.9 Å². The second-order valence-electron chi connectivity index (χ2n) is 4.12. The first-order valence-corrected chi connectivity index (χ1v) is 5.91. The lowest BCUT2D eigenvalue weighted by Gasteiger charge is -2.28. The van der Waals surface area contributed by atoms with E-state index < -0.39 is 0 Å². The number of pyridine rings is 1. The number of hydrogen-bond acceptors (Lipinski definition) is 5. The number of aldehydes is 1. The van der Waals surface area contributed by atoms with E-state index in [4.69, 9.17) is 9.47 Å². The van der Waals surface area contributed by atoms with Crippen molar-refractivity contribution in [1.82, 2.24) is 9.88 Å². The van der Waals surface area contributed by atoms with Gasteiger partial charge in [0.25, 0.3) is 0 Å². The predicted octanol–water partition coefficient (Wildman–Crippen LogP) is 1.44. The summed E-state index contributed by atoms with van der Waals surface area (Å²) >= 11 is 0. The van der Waals surface area contributed by atoms with Gasteiger partial charge in [-0.1, -0.05) is 6.08 Å². The number of rotatable bonds is 5. The minimum atomic E-state index is 0.100. The van der Waals surface area contributed by atoms with E-state index in [9.17, 15) is 4.79 Å². The molecule has 0 saturated carbocycles. The normalized spacial score (nSPS) is 15.3. The number of methoxy groups -OCH3 is 1. The summed E-state index contributed by atoms with van der Waals surface area (Å²) in [6.07, 6.45) is 6.06. The molecule has 5 nitrogen and oxygen atoms in total. The van der Waals surface area contributed by atoms with Crippen molar-refractivity contribution in [3.05, 3.63) is 47.5 Å². The van der Waals surface area contributed by atoms with E-state index >= 15 is 0 Å². The van der Waals surface area contributed by atoms with Crippen molar-refractivity contribution in [1.29, 1.82) is 0 Å². The Hall–Kier alpha value is -2.14. The molecule has 1 aromatic heterocycles. The van der Waals surface area contributed by atoms with Crippen LogP contribution in [0.3, 0.4) is 0 Å². The van der Waals surface area contributed by atoms with Crippen LogP contribution < -0.4 is 0 Å². The van der Waals surface area contributed by atoms with Gasteiger partial charge in [-0.15, -0.1) is 0 Å². The third kappa shape index (κ3) is 2.82. The Kier molecular flexibility index (Phi) is 4.30. The van der Waals surface area contributed by atoms with Crippen LogP contribution >= 0.6 is 0 Å². The molecular formula is C14H16N2O3. The van der Waals surface area contributed by atoms with Crippen molar-refractivity contribution >= 4 is 12.0 Å². The van der Waals surface area contributed by atoms with Crippen molar-refractivity contribution in [2.24, 2.45) is 0 Å². The molecule has 5 heteroatoms. The van der Waals surface area contributed by atoms with Crippen LogP contribution in [0, 0.1) is 0 Å². The smallest absolute Gasteiger partial charge is 0.188 e. The monoisotopic (exact) mass is 260 g/mol. The van der Waals surface area contributed by atoms with Crippen LogP contribution in [0.4, 0.5) is 0 Å². The average Bonchev–Trinajstić information content (AvgIpc) is 2.46. The number of carbonyl (C=O) groups excluding carboxylic acids is 1. The summed E-state index contributed by atoms with van der Waals surface area (Å²) in [7, 11) is 3.49. The maximum atomic E-state index is 11.2. The Morgan fingerprint density at radius 2 is 2.16 bits per heavy atom. The molecule has 0 saturated heterocycles. The summed E-state index contributed by atoms with van der Waals surface area (Å²) in [4.78, 5) is 17.2. The van der Waals surface area contributed by atoms with Gasteiger partial charge in [0.15, 0.2) is 18.8 Å². The molecule has 1 aliphatic heterocycles. The Bertz CT molecular complexity index is 509. The van der Waals surface area contributed by atoms with Gasteiger partial charge in [0, 0.05) is 38.7 Å². The van der Waals surface area contributed by atoms with Gasteiger partial charge in [0.05, 0.1) is 11.3 Å².